The van der Waals surface area contributed by atoms with Crippen molar-refractivity contribution < 1.29 is 14.3 Å². The molecule has 0 aromatic heterocycles. The third-order valence-electron chi connectivity index (χ3n) is 7.14. The number of rotatable bonds is 4. The Bertz CT molecular complexity index is 747. The highest BCUT2D eigenvalue weighted by atomic mass is 16.5. The SMILES string of the molecule is O=C(CC1CCN(Cc2ccccc2)CC1)N1CC[C@@]23OCCN2C(=O)C[C@@H]13. The first-order valence-electron chi connectivity index (χ1n) is 10.7. The maximum absolute atomic E-state index is 13.0. The predicted molar refractivity (Wildman–Crippen MR) is 104 cm³/mol. The second-order valence-corrected chi connectivity index (χ2v) is 8.70. The van der Waals surface area contributed by atoms with Crippen LogP contribution in [0.4, 0.5) is 0 Å². The topological polar surface area (TPSA) is 53.1 Å². The van der Waals surface area contributed by atoms with Crippen molar-refractivity contribution in [3.05, 3.63) is 35.9 Å². The Morgan fingerprint density at radius 1 is 1.11 bits per heavy atom. The van der Waals surface area contributed by atoms with Crippen molar-refractivity contribution in [1.82, 2.24) is 14.7 Å². The van der Waals surface area contributed by atoms with E-state index in [9.17, 15) is 9.59 Å². The first-order chi connectivity index (χ1) is 13.7. The van der Waals surface area contributed by atoms with Gasteiger partial charge in [-0.05, 0) is 37.4 Å². The molecule has 0 N–H and O–H groups in total. The molecule has 4 heterocycles. The second kappa shape index (κ2) is 7.16. The van der Waals surface area contributed by atoms with Gasteiger partial charge in [-0.2, -0.15) is 0 Å². The lowest BCUT2D eigenvalue weighted by atomic mass is 9.92. The van der Waals surface area contributed by atoms with Crippen LogP contribution in [0.2, 0.25) is 0 Å². The van der Waals surface area contributed by atoms with Crippen LogP contribution in [0.15, 0.2) is 30.3 Å². The van der Waals surface area contributed by atoms with Gasteiger partial charge in [-0.1, -0.05) is 30.3 Å². The van der Waals surface area contributed by atoms with E-state index in [2.05, 4.69) is 35.2 Å². The first-order valence-corrected chi connectivity index (χ1v) is 10.7. The van der Waals surface area contributed by atoms with Crippen LogP contribution >= 0.6 is 0 Å². The van der Waals surface area contributed by atoms with Crippen LogP contribution in [0, 0.1) is 5.92 Å². The van der Waals surface area contributed by atoms with Gasteiger partial charge in [0, 0.05) is 32.5 Å². The molecule has 5 rings (SSSR count). The van der Waals surface area contributed by atoms with E-state index in [0.717, 1.165) is 45.4 Å². The number of piperidine rings is 1. The molecule has 0 bridgehead atoms. The Labute approximate surface area is 166 Å². The summed E-state index contributed by atoms with van der Waals surface area (Å²) in [6.07, 6.45) is 3.96. The summed E-state index contributed by atoms with van der Waals surface area (Å²) in [5, 5.41) is 0. The molecule has 6 nitrogen and oxygen atoms in total. The first kappa shape index (κ1) is 18.1. The molecule has 4 aliphatic heterocycles. The third-order valence-corrected chi connectivity index (χ3v) is 7.14. The minimum atomic E-state index is -0.508. The Kier molecular flexibility index (Phi) is 4.63. The van der Waals surface area contributed by atoms with Crippen molar-refractivity contribution in [2.45, 2.75) is 50.4 Å². The molecule has 0 saturated carbocycles. The average Bonchev–Trinajstić information content (AvgIpc) is 3.35. The molecule has 28 heavy (non-hydrogen) atoms. The molecule has 6 heteroatoms. The van der Waals surface area contributed by atoms with E-state index in [4.69, 9.17) is 4.74 Å². The highest BCUT2D eigenvalue weighted by Gasteiger charge is 2.62. The van der Waals surface area contributed by atoms with Crippen molar-refractivity contribution in [3.63, 3.8) is 0 Å². The lowest BCUT2D eigenvalue weighted by Gasteiger charge is -2.34. The molecule has 0 radical (unpaired) electrons. The van der Waals surface area contributed by atoms with Crippen molar-refractivity contribution in [3.8, 4) is 0 Å². The summed E-state index contributed by atoms with van der Waals surface area (Å²) in [5.74, 6) is 0.816. The van der Waals surface area contributed by atoms with Crippen LogP contribution < -0.4 is 0 Å². The number of hydrogen-bond donors (Lipinski definition) is 0. The molecule has 1 aromatic carbocycles. The Hall–Kier alpha value is -1.92. The van der Waals surface area contributed by atoms with E-state index in [1.165, 1.54) is 5.56 Å². The quantitative estimate of drug-likeness (QED) is 0.796. The average molecular weight is 383 g/mol. The van der Waals surface area contributed by atoms with Gasteiger partial charge in [0.05, 0.1) is 19.1 Å². The van der Waals surface area contributed by atoms with Gasteiger partial charge in [0.25, 0.3) is 0 Å². The largest absolute Gasteiger partial charge is 0.351 e. The maximum atomic E-state index is 13.0. The van der Waals surface area contributed by atoms with Crippen molar-refractivity contribution >= 4 is 11.8 Å². The minimum Gasteiger partial charge on any atom is -0.351 e. The fraction of sp³-hybridized carbons (Fsp3) is 0.636. The molecule has 0 unspecified atom stereocenters. The number of carbonyl (C=O) groups is 2. The lowest BCUT2D eigenvalue weighted by Crippen LogP contribution is -2.49. The van der Waals surface area contributed by atoms with Crippen molar-refractivity contribution in [1.29, 1.82) is 0 Å². The van der Waals surface area contributed by atoms with Crippen LogP contribution in [0.25, 0.3) is 0 Å². The second-order valence-electron chi connectivity index (χ2n) is 8.70. The Morgan fingerprint density at radius 2 is 1.89 bits per heavy atom. The lowest BCUT2D eigenvalue weighted by molar-refractivity contribution is -0.140. The number of likely N-dealkylation sites (tertiary alicyclic amines) is 2. The minimum absolute atomic E-state index is 0.0758. The number of carbonyl (C=O) groups excluding carboxylic acids is 2. The van der Waals surface area contributed by atoms with E-state index in [0.29, 0.717) is 31.9 Å². The van der Waals surface area contributed by atoms with Gasteiger partial charge in [-0.25, -0.2) is 0 Å². The number of benzene rings is 1. The van der Waals surface area contributed by atoms with Gasteiger partial charge >= 0.3 is 0 Å². The van der Waals surface area contributed by atoms with Gasteiger partial charge in [0.1, 0.15) is 0 Å². The van der Waals surface area contributed by atoms with Crippen LogP contribution in [-0.2, 0) is 20.9 Å². The molecule has 2 atom stereocenters. The number of hydrogen-bond acceptors (Lipinski definition) is 4. The van der Waals surface area contributed by atoms with Gasteiger partial charge in [0.2, 0.25) is 11.8 Å². The normalized spacial score (nSPS) is 30.7. The van der Waals surface area contributed by atoms with E-state index in [1.54, 1.807) is 0 Å². The molecule has 150 valence electrons. The summed E-state index contributed by atoms with van der Waals surface area (Å²) in [6.45, 7) is 5.10. The molecule has 4 saturated heterocycles. The molecular weight excluding hydrogens is 354 g/mol. The maximum Gasteiger partial charge on any atom is 0.227 e. The molecule has 1 aromatic rings. The Balaban J connectivity index is 1.15. The van der Waals surface area contributed by atoms with Crippen LogP contribution in [0.5, 0.6) is 0 Å². The number of amides is 2. The van der Waals surface area contributed by atoms with Gasteiger partial charge in [0.15, 0.2) is 5.72 Å². The number of nitrogens with zero attached hydrogens (tertiary/aromatic N) is 3. The summed E-state index contributed by atoms with van der Waals surface area (Å²) in [4.78, 5) is 31.7. The smallest absolute Gasteiger partial charge is 0.227 e. The summed E-state index contributed by atoms with van der Waals surface area (Å²) in [6, 6.07) is 10.5. The predicted octanol–water partition coefficient (Wildman–Crippen LogP) is 1.85. The zero-order chi connectivity index (χ0) is 19.1. The van der Waals surface area contributed by atoms with Gasteiger partial charge in [-0.3, -0.25) is 14.5 Å². The molecular formula is C22H29N3O3. The highest BCUT2D eigenvalue weighted by Crippen LogP contribution is 2.45. The standard InChI is InChI=1S/C22H29N3O3/c26-20(24-11-8-22-19(24)15-21(27)25(22)12-13-28-22)14-17-6-9-23(10-7-17)16-18-4-2-1-3-5-18/h1-5,17,19H,6-16H2/t19-,22+/m1/s1. The van der Waals surface area contributed by atoms with Gasteiger partial charge < -0.3 is 14.5 Å². The Morgan fingerprint density at radius 3 is 2.68 bits per heavy atom. The molecule has 4 fully saturated rings. The third kappa shape index (κ3) is 3.03. The fourth-order valence-electron chi connectivity index (χ4n) is 5.64. The molecule has 1 spiro atoms. The zero-order valence-corrected chi connectivity index (χ0v) is 16.4. The molecule has 0 aliphatic carbocycles. The highest BCUT2D eigenvalue weighted by molar-refractivity contribution is 5.84. The van der Waals surface area contributed by atoms with Crippen LogP contribution in [0.1, 0.15) is 37.7 Å². The number of ether oxygens (including phenoxy) is 1. The summed E-state index contributed by atoms with van der Waals surface area (Å²) >= 11 is 0. The fourth-order valence-corrected chi connectivity index (χ4v) is 5.64. The van der Waals surface area contributed by atoms with E-state index < -0.39 is 5.72 Å². The van der Waals surface area contributed by atoms with Crippen molar-refractivity contribution in [2.75, 3.05) is 32.8 Å². The zero-order valence-electron chi connectivity index (χ0n) is 16.4. The van der Waals surface area contributed by atoms with Crippen LogP contribution in [0.3, 0.4) is 0 Å². The van der Waals surface area contributed by atoms with Gasteiger partial charge in [-0.15, -0.1) is 0 Å². The summed E-state index contributed by atoms with van der Waals surface area (Å²) in [7, 11) is 0. The van der Waals surface area contributed by atoms with Crippen molar-refractivity contribution in [2.24, 2.45) is 5.92 Å². The molecule has 2 amide bonds. The van der Waals surface area contributed by atoms with E-state index >= 15 is 0 Å². The molecule has 4 aliphatic rings. The monoisotopic (exact) mass is 383 g/mol. The summed E-state index contributed by atoms with van der Waals surface area (Å²) in [5.41, 5.74) is 0.845. The summed E-state index contributed by atoms with van der Waals surface area (Å²) < 4.78 is 6.00. The van der Waals surface area contributed by atoms with Crippen LogP contribution in [-0.4, -0.2) is 71.1 Å². The van der Waals surface area contributed by atoms with E-state index in [1.807, 2.05) is 9.80 Å². The van der Waals surface area contributed by atoms with E-state index in [-0.39, 0.29) is 17.9 Å².